The lowest BCUT2D eigenvalue weighted by molar-refractivity contribution is 0.405. The molecule has 0 unspecified atom stereocenters. The average Bonchev–Trinajstić information content (AvgIpc) is 3.13. The van der Waals surface area contributed by atoms with E-state index in [9.17, 15) is 0 Å². The van der Waals surface area contributed by atoms with Crippen LogP contribution in [0.4, 0.5) is 11.6 Å². The summed E-state index contributed by atoms with van der Waals surface area (Å²) in [5.74, 6) is 2.97. The van der Waals surface area contributed by atoms with Crippen LogP contribution in [0.5, 0.6) is 0 Å². The summed E-state index contributed by atoms with van der Waals surface area (Å²) in [5, 5.41) is 3.37. The molecule has 5 heteroatoms. The van der Waals surface area contributed by atoms with Gasteiger partial charge in [-0.15, -0.1) is 0 Å². The number of nitrogens with two attached hydrogens (primary N) is 1. The molecule has 0 aliphatic heterocycles. The van der Waals surface area contributed by atoms with Crippen LogP contribution in [-0.2, 0) is 0 Å². The SMILES string of the molecule is Cc1c(N)nc(C2CC2)nc1NCCCN(C)C. The van der Waals surface area contributed by atoms with Gasteiger partial charge in [-0.3, -0.25) is 0 Å². The smallest absolute Gasteiger partial charge is 0.136 e. The number of anilines is 2. The van der Waals surface area contributed by atoms with Gasteiger partial charge in [0.15, 0.2) is 0 Å². The number of hydrogen-bond acceptors (Lipinski definition) is 5. The topological polar surface area (TPSA) is 67.1 Å². The maximum absolute atomic E-state index is 5.94. The van der Waals surface area contributed by atoms with Crippen LogP contribution in [-0.4, -0.2) is 42.1 Å². The molecule has 1 heterocycles. The molecule has 0 spiro atoms. The van der Waals surface area contributed by atoms with Gasteiger partial charge in [0.05, 0.1) is 0 Å². The molecular formula is C13H23N5. The van der Waals surface area contributed by atoms with Gasteiger partial charge in [0.2, 0.25) is 0 Å². The second-order valence-electron chi connectivity index (χ2n) is 5.30. The summed E-state index contributed by atoms with van der Waals surface area (Å²) in [6.07, 6.45) is 3.49. The maximum Gasteiger partial charge on any atom is 0.136 e. The number of nitrogens with zero attached hydrogens (tertiary/aromatic N) is 3. The standard InChI is InChI=1S/C13H23N5/c1-9-11(14)16-13(10-5-6-10)17-12(9)15-7-4-8-18(2)3/h10H,4-8H2,1-3H3,(H3,14,15,16,17). The zero-order valence-corrected chi connectivity index (χ0v) is 11.5. The molecule has 1 aliphatic rings. The van der Waals surface area contributed by atoms with E-state index in [4.69, 9.17) is 5.73 Å². The fraction of sp³-hybridized carbons (Fsp3) is 0.692. The number of rotatable bonds is 6. The fourth-order valence-electron chi connectivity index (χ4n) is 1.85. The summed E-state index contributed by atoms with van der Waals surface area (Å²) in [5.41, 5.74) is 6.90. The fourth-order valence-corrected chi connectivity index (χ4v) is 1.85. The van der Waals surface area contributed by atoms with Gasteiger partial charge in [-0.2, -0.15) is 0 Å². The van der Waals surface area contributed by atoms with Gasteiger partial charge in [0.1, 0.15) is 17.5 Å². The summed E-state index contributed by atoms with van der Waals surface area (Å²) in [6.45, 7) is 3.96. The Hall–Kier alpha value is -1.36. The van der Waals surface area contributed by atoms with Crippen molar-refractivity contribution in [1.29, 1.82) is 0 Å². The van der Waals surface area contributed by atoms with Crippen molar-refractivity contribution in [3.05, 3.63) is 11.4 Å². The molecule has 0 amide bonds. The molecule has 1 aliphatic carbocycles. The molecule has 0 atom stereocenters. The molecule has 5 nitrogen and oxygen atoms in total. The minimum Gasteiger partial charge on any atom is -0.383 e. The lowest BCUT2D eigenvalue weighted by Crippen LogP contribution is -2.17. The zero-order valence-electron chi connectivity index (χ0n) is 11.5. The number of nitrogens with one attached hydrogen (secondary N) is 1. The molecule has 0 saturated heterocycles. The van der Waals surface area contributed by atoms with Crippen LogP contribution >= 0.6 is 0 Å². The molecular weight excluding hydrogens is 226 g/mol. The first kappa shape index (κ1) is 13.1. The second-order valence-corrected chi connectivity index (χ2v) is 5.30. The third-order valence-electron chi connectivity index (χ3n) is 3.22. The lowest BCUT2D eigenvalue weighted by atomic mass is 10.2. The highest BCUT2D eigenvalue weighted by Crippen LogP contribution is 2.39. The van der Waals surface area contributed by atoms with Crippen LogP contribution in [0.1, 0.15) is 36.6 Å². The van der Waals surface area contributed by atoms with E-state index >= 15 is 0 Å². The minimum atomic E-state index is 0.537. The van der Waals surface area contributed by atoms with E-state index in [1.165, 1.54) is 12.8 Å². The Balaban J connectivity index is 1.97. The zero-order chi connectivity index (χ0) is 13.1. The normalized spacial score (nSPS) is 15.1. The Morgan fingerprint density at radius 2 is 2.06 bits per heavy atom. The van der Waals surface area contributed by atoms with Crippen molar-refractivity contribution >= 4 is 11.6 Å². The first-order valence-electron chi connectivity index (χ1n) is 6.60. The van der Waals surface area contributed by atoms with Gasteiger partial charge in [0, 0.05) is 18.0 Å². The van der Waals surface area contributed by atoms with Crippen molar-refractivity contribution in [2.75, 3.05) is 38.2 Å². The molecule has 2 rings (SSSR count). The van der Waals surface area contributed by atoms with E-state index in [2.05, 4.69) is 34.3 Å². The molecule has 100 valence electrons. The van der Waals surface area contributed by atoms with Crippen LogP contribution in [0.2, 0.25) is 0 Å². The van der Waals surface area contributed by atoms with Crippen LogP contribution in [0, 0.1) is 6.92 Å². The lowest BCUT2D eigenvalue weighted by Gasteiger charge is -2.13. The number of nitrogen functional groups attached to an aromatic ring is 1. The molecule has 0 radical (unpaired) electrons. The van der Waals surface area contributed by atoms with E-state index in [1.54, 1.807) is 0 Å². The second kappa shape index (κ2) is 5.52. The van der Waals surface area contributed by atoms with Gasteiger partial charge in [-0.25, -0.2) is 9.97 Å². The minimum absolute atomic E-state index is 0.537. The first-order chi connectivity index (χ1) is 8.58. The van der Waals surface area contributed by atoms with Gasteiger partial charge in [-0.05, 0) is 46.8 Å². The van der Waals surface area contributed by atoms with Crippen molar-refractivity contribution in [3.63, 3.8) is 0 Å². The molecule has 1 aromatic heterocycles. The van der Waals surface area contributed by atoms with Crippen LogP contribution in [0.3, 0.4) is 0 Å². The molecule has 18 heavy (non-hydrogen) atoms. The van der Waals surface area contributed by atoms with Crippen molar-refractivity contribution in [1.82, 2.24) is 14.9 Å². The van der Waals surface area contributed by atoms with E-state index in [0.717, 1.165) is 36.7 Å². The summed E-state index contributed by atoms with van der Waals surface area (Å²) in [4.78, 5) is 11.1. The van der Waals surface area contributed by atoms with Crippen molar-refractivity contribution in [3.8, 4) is 0 Å². The van der Waals surface area contributed by atoms with Crippen molar-refractivity contribution < 1.29 is 0 Å². The van der Waals surface area contributed by atoms with Crippen LogP contribution in [0.15, 0.2) is 0 Å². The molecule has 0 aromatic carbocycles. The largest absolute Gasteiger partial charge is 0.383 e. The Kier molecular flexibility index (Phi) is 4.01. The monoisotopic (exact) mass is 249 g/mol. The van der Waals surface area contributed by atoms with E-state index in [-0.39, 0.29) is 0 Å². The van der Waals surface area contributed by atoms with E-state index in [1.807, 2.05) is 6.92 Å². The Morgan fingerprint density at radius 3 is 2.67 bits per heavy atom. The quantitative estimate of drug-likeness (QED) is 0.750. The molecule has 3 N–H and O–H groups in total. The Morgan fingerprint density at radius 1 is 1.33 bits per heavy atom. The molecule has 1 aromatic rings. The highest BCUT2D eigenvalue weighted by Gasteiger charge is 2.27. The van der Waals surface area contributed by atoms with E-state index < -0.39 is 0 Å². The molecule has 1 fully saturated rings. The third-order valence-corrected chi connectivity index (χ3v) is 3.22. The average molecular weight is 249 g/mol. The highest BCUT2D eigenvalue weighted by molar-refractivity contribution is 5.55. The van der Waals surface area contributed by atoms with E-state index in [0.29, 0.717) is 11.7 Å². The van der Waals surface area contributed by atoms with Gasteiger partial charge >= 0.3 is 0 Å². The summed E-state index contributed by atoms with van der Waals surface area (Å²) in [7, 11) is 4.16. The highest BCUT2D eigenvalue weighted by atomic mass is 15.1. The van der Waals surface area contributed by atoms with Crippen molar-refractivity contribution in [2.45, 2.75) is 32.1 Å². The molecule has 1 saturated carbocycles. The van der Waals surface area contributed by atoms with Gasteiger partial charge in [0.25, 0.3) is 0 Å². The summed E-state index contributed by atoms with van der Waals surface area (Å²) in [6, 6.07) is 0. The number of hydrogen-bond donors (Lipinski definition) is 2. The summed E-state index contributed by atoms with van der Waals surface area (Å²) >= 11 is 0. The predicted molar refractivity (Wildman–Crippen MR) is 74.8 cm³/mol. The van der Waals surface area contributed by atoms with Crippen LogP contribution < -0.4 is 11.1 Å². The Labute approximate surface area is 109 Å². The number of aromatic nitrogens is 2. The van der Waals surface area contributed by atoms with Gasteiger partial charge < -0.3 is 16.0 Å². The maximum atomic E-state index is 5.94. The van der Waals surface area contributed by atoms with Gasteiger partial charge in [-0.1, -0.05) is 0 Å². The van der Waals surface area contributed by atoms with Crippen molar-refractivity contribution in [2.24, 2.45) is 0 Å². The third kappa shape index (κ3) is 3.32. The van der Waals surface area contributed by atoms with Crippen LogP contribution in [0.25, 0.3) is 0 Å². The predicted octanol–water partition coefficient (Wildman–Crippen LogP) is 1.61. The first-order valence-corrected chi connectivity index (χ1v) is 6.60. The Bertz CT molecular complexity index is 412. The molecule has 0 bridgehead atoms. The summed E-state index contributed by atoms with van der Waals surface area (Å²) < 4.78 is 0.